The Morgan fingerprint density at radius 3 is 2.11 bits per heavy atom. The fourth-order valence-electron chi connectivity index (χ4n) is 3.89. The van der Waals surface area contributed by atoms with Gasteiger partial charge < -0.3 is 10.2 Å². The van der Waals surface area contributed by atoms with Gasteiger partial charge in [-0.1, -0.05) is 83.5 Å². The number of carbonyl (C=O) groups excluding carboxylic acids is 2. The average Bonchev–Trinajstić information content (AvgIpc) is 2.80. The molecule has 0 saturated carbocycles. The second kappa shape index (κ2) is 12.8. The standard InChI is InChI=1S/C28H40ClN3O4S/c1-8-25(27(34)30-17-20(2)3)31(18-21-11-9-10-12-24(21)29)26(33)19-32(37(7,35)36)23-15-13-22(14-16-23)28(4,5)6/h9-16,20,25H,8,17-19H2,1-7H3,(H,30,34)/t25-/m1/s1. The van der Waals surface area contributed by atoms with Gasteiger partial charge in [-0.05, 0) is 47.1 Å². The van der Waals surface area contributed by atoms with Gasteiger partial charge in [0.1, 0.15) is 12.6 Å². The van der Waals surface area contributed by atoms with E-state index in [9.17, 15) is 18.0 Å². The minimum atomic E-state index is -3.79. The molecule has 204 valence electrons. The number of rotatable bonds is 11. The largest absolute Gasteiger partial charge is 0.354 e. The van der Waals surface area contributed by atoms with Crippen molar-refractivity contribution < 1.29 is 18.0 Å². The summed E-state index contributed by atoms with van der Waals surface area (Å²) >= 11 is 6.38. The number of carbonyl (C=O) groups is 2. The molecule has 0 heterocycles. The third-order valence-corrected chi connectivity index (χ3v) is 7.58. The van der Waals surface area contributed by atoms with E-state index < -0.39 is 28.5 Å². The van der Waals surface area contributed by atoms with Crippen molar-refractivity contribution in [2.45, 2.75) is 66.0 Å². The van der Waals surface area contributed by atoms with Gasteiger partial charge in [-0.25, -0.2) is 8.42 Å². The lowest BCUT2D eigenvalue weighted by molar-refractivity contribution is -0.140. The number of nitrogens with one attached hydrogen (secondary N) is 1. The molecule has 2 aromatic carbocycles. The molecular weight excluding hydrogens is 510 g/mol. The number of hydrogen-bond donors (Lipinski definition) is 1. The molecule has 1 N–H and O–H groups in total. The third kappa shape index (κ3) is 8.75. The molecule has 0 bridgehead atoms. The molecule has 0 radical (unpaired) electrons. The highest BCUT2D eigenvalue weighted by molar-refractivity contribution is 7.92. The normalized spacial score (nSPS) is 12.8. The fourth-order valence-corrected chi connectivity index (χ4v) is 4.94. The molecule has 0 aliphatic heterocycles. The van der Waals surface area contributed by atoms with E-state index in [1.807, 2.05) is 39.0 Å². The van der Waals surface area contributed by atoms with E-state index in [-0.39, 0.29) is 23.8 Å². The molecule has 9 heteroatoms. The first-order valence-corrected chi connectivity index (χ1v) is 14.8. The minimum Gasteiger partial charge on any atom is -0.354 e. The van der Waals surface area contributed by atoms with Crippen LogP contribution in [0.1, 0.15) is 59.1 Å². The third-order valence-electron chi connectivity index (χ3n) is 6.07. The van der Waals surface area contributed by atoms with Gasteiger partial charge in [0.05, 0.1) is 11.9 Å². The van der Waals surface area contributed by atoms with Crippen LogP contribution in [-0.2, 0) is 31.6 Å². The van der Waals surface area contributed by atoms with Gasteiger partial charge in [0.25, 0.3) is 0 Å². The monoisotopic (exact) mass is 549 g/mol. The number of hydrogen-bond acceptors (Lipinski definition) is 4. The zero-order valence-electron chi connectivity index (χ0n) is 22.9. The molecule has 37 heavy (non-hydrogen) atoms. The maximum Gasteiger partial charge on any atom is 0.244 e. The van der Waals surface area contributed by atoms with Gasteiger partial charge in [-0.15, -0.1) is 0 Å². The van der Waals surface area contributed by atoms with Crippen molar-refractivity contribution in [1.82, 2.24) is 10.2 Å². The zero-order valence-corrected chi connectivity index (χ0v) is 24.5. The topological polar surface area (TPSA) is 86.8 Å². The van der Waals surface area contributed by atoms with E-state index in [1.54, 1.807) is 30.3 Å². The van der Waals surface area contributed by atoms with Crippen LogP contribution >= 0.6 is 11.6 Å². The molecule has 0 aliphatic rings. The van der Waals surface area contributed by atoms with E-state index in [0.717, 1.165) is 16.1 Å². The highest BCUT2D eigenvalue weighted by atomic mass is 35.5. The van der Waals surface area contributed by atoms with Gasteiger partial charge in [0.2, 0.25) is 21.8 Å². The highest BCUT2D eigenvalue weighted by Crippen LogP contribution is 2.27. The van der Waals surface area contributed by atoms with E-state index in [4.69, 9.17) is 11.6 Å². The molecule has 0 fully saturated rings. The quantitative estimate of drug-likeness (QED) is 0.428. The Kier molecular flexibility index (Phi) is 10.6. The average molecular weight is 550 g/mol. The maximum atomic E-state index is 13.8. The predicted octanol–water partition coefficient (Wildman–Crippen LogP) is 4.98. The Morgan fingerprint density at radius 1 is 1.03 bits per heavy atom. The van der Waals surface area contributed by atoms with Crippen molar-refractivity contribution in [3.8, 4) is 0 Å². The van der Waals surface area contributed by atoms with E-state index in [2.05, 4.69) is 26.1 Å². The Morgan fingerprint density at radius 2 is 1.62 bits per heavy atom. The van der Waals surface area contributed by atoms with Crippen LogP contribution in [0.4, 0.5) is 5.69 Å². The summed E-state index contributed by atoms with van der Waals surface area (Å²) in [5.74, 6) is -0.528. The Bertz CT molecular complexity index is 1170. The van der Waals surface area contributed by atoms with Crippen molar-refractivity contribution in [3.05, 3.63) is 64.7 Å². The molecule has 1 atom stereocenters. The van der Waals surface area contributed by atoms with Crippen LogP contribution in [0, 0.1) is 5.92 Å². The number of benzene rings is 2. The van der Waals surface area contributed by atoms with Crippen molar-refractivity contribution in [3.63, 3.8) is 0 Å². The van der Waals surface area contributed by atoms with Crippen LogP contribution in [0.25, 0.3) is 0 Å². The molecule has 0 saturated heterocycles. The van der Waals surface area contributed by atoms with E-state index >= 15 is 0 Å². The van der Waals surface area contributed by atoms with Crippen molar-refractivity contribution in [1.29, 1.82) is 0 Å². The summed E-state index contributed by atoms with van der Waals surface area (Å²) in [5, 5.41) is 3.37. The van der Waals surface area contributed by atoms with Gasteiger partial charge >= 0.3 is 0 Å². The van der Waals surface area contributed by atoms with Crippen molar-refractivity contribution in [2.75, 3.05) is 23.7 Å². The summed E-state index contributed by atoms with van der Waals surface area (Å²) in [6.07, 6.45) is 1.43. The number of nitrogens with zero attached hydrogens (tertiary/aromatic N) is 2. The highest BCUT2D eigenvalue weighted by Gasteiger charge is 2.32. The lowest BCUT2D eigenvalue weighted by Gasteiger charge is -2.33. The molecule has 0 aromatic heterocycles. The van der Waals surface area contributed by atoms with Crippen LogP contribution in [-0.4, -0.2) is 50.5 Å². The van der Waals surface area contributed by atoms with Crippen LogP contribution < -0.4 is 9.62 Å². The maximum absolute atomic E-state index is 13.8. The van der Waals surface area contributed by atoms with Crippen LogP contribution in [0.3, 0.4) is 0 Å². The van der Waals surface area contributed by atoms with Crippen molar-refractivity contribution in [2.24, 2.45) is 5.92 Å². The lowest BCUT2D eigenvalue weighted by atomic mass is 9.87. The number of sulfonamides is 1. The first-order chi connectivity index (χ1) is 17.1. The summed E-state index contributed by atoms with van der Waals surface area (Å²) in [7, 11) is -3.79. The Hall–Kier alpha value is -2.58. The first kappa shape index (κ1) is 30.6. The first-order valence-electron chi connectivity index (χ1n) is 12.5. The molecule has 2 aromatic rings. The Labute approximate surface area is 227 Å². The lowest BCUT2D eigenvalue weighted by Crippen LogP contribution is -2.52. The molecule has 2 amide bonds. The van der Waals surface area contributed by atoms with Gasteiger partial charge in [-0.2, -0.15) is 0 Å². The number of amides is 2. The summed E-state index contributed by atoms with van der Waals surface area (Å²) in [5.41, 5.74) is 2.00. The molecular formula is C28H40ClN3O4S. The predicted molar refractivity (Wildman–Crippen MR) is 151 cm³/mol. The molecule has 7 nitrogen and oxygen atoms in total. The molecule has 0 aliphatic carbocycles. The van der Waals surface area contributed by atoms with Gasteiger partial charge in [0.15, 0.2) is 0 Å². The second-order valence-corrected chi connectivity index (χ2v) is 13.1. The number of anilines is 1. The fraction of sp³-hybridized carbons (Fsp3) is 0.500. The van der Waals surface area contributed by atoms with Gasteiger partial charge in [0, 0.05) is 18.1 Å². The van der Waals surface area contributed by atoms with E-state index in [1.165, 1.54) is 4.90 Å². The molecule has 0 spiro atoms. The number of halogens is 1. The zero-order chi connectivity index (χ0) is 28.0. The second-order valence-electron chi connectivity index (χ2n) is 10.7. The molecule has 0 unspecified atom stereocenters. The van der Waals surface area contributed by atoms with Crippen LogP contribution in [0.15, 0.2) is 48.5 Å². The van der Waals surface area contributed by atoms with Crippen LogP contribution in [0.2, 0.25) is 5.02 Å². The van der Waals surface area contributed by atoms with Crippen molar-refractivity contribution >= 4 is 39.1 Å². The Balaban J connectivity index is 2.44. The summed E-state index contributed by atoms with van der Waals surface area (Å²) in [6.45, 7) is 12.1. The smallest absolute Gasteiger partial charge is 0.244 e. The minimum absolute atomic E-state index is 0.0761. The van der Waals surface area contributed by atoms with Gasteiger partial charge in [-0.3, -0.25) is 13.9 Å². The van der Waals surface area contributed by atoms with Crippen LogP contribution in [0.5, 0.6) is 0 Å². The summed E-state index contributed by atoms with van der Waals surface area (Å²) < 4.78 is 26.7. The summed E-state index contributed by atoms with van der Waals surface area (Å²) in [6, 6.07) is 13.5. The summed E-state index contributed by atoms with van der Waals surface area (Å²) in [4.78, 5) is 28.3. The SMILES string of the molecule is CC[C@H](C(=O)NCC(C)C)N(Cc1ccccc1Cl)C(=O)CN(c1ccc(C(C)(C)C)cc1)S(C)(=O)=O. The molecule has 2 rings (SSSR count). The van der Waals surface area contributed by atoms with E-state index in [0.29, 0.717) is 29.2 Å².